The van der Waals surface area contributed by atoms with Gasteiger partial charge in [-0.25, -0.2) is 9.97 Å². The van der Waals surface area contributed by atoms with Crippen LogP contribution in [0.4, 0.5) is 5.82 Å². The predicted octanol–water partition coefficient (Wildman–Crippen LogP) is 4.63. The summed E-state index contributed by atoms with van der Waals surface area (Å²) in [6, 6.07) is 10.5. The molecule has 1 N–H and O–H groups in total. The number of fused-ring (bicyclic) bond motifs is 1. The monoisotopic (exact) mass is 333 g/mol. The first-order valence-electron chi connectivity index (χ1n) is 5.94. The summed E-state index contributed by atoms with van der Waals surface area (Å²) in [7, 11) is 0. The van der Waals surface area contributed by atoms with Gasteiger partial charge in [0.2, 0.25) is 0 Å². The number of halogens is 1. The first-order chi connectivity index (χ1) is 9.24. The molecule has 1 aromatic carbocycles. The van der Waals surface area contributed by atoms with Crippen molar-refractivity contribution in [3.8, 4) is 0 Å². The van der Waals surface area contributed by atoms with E-state index in [1.807, 2.05) is 23.6 Å². The van der Waals surface area contributed by atoms with Gasteiger partial charge < -0.3 is 5.32 Å². The molecule has 0 spiro atoms. The highest BCUT2D eigenvalue weighted by molar-refractivity contribution is 9.10. The van der Waals surface area contributed by atoms with Gasteiger partial charge in [0.1, 0.15) is 12.1 Å². The Labute approximate surface area is 123 Å². The van der Waals surface area contributed by atoms with Gasteiger partial charge in [-0.1, -0.05) is 28.1 Å². The molecule has 3 nitrogen and oxygen atoms in total. The molecule has 2 heterocycles. The Hall–Kier alpha value is -1.46. The van der Waals surface area contributed by atoms with Gasteiger partial charge in [-0.15, -0.1) is 11.3 Å². The summed E-state index contributed by atoms with van der Waals surface area (Å²) in [5.74, 6) is 0.899. The topological polar surface area (TPSA) is 37.8 Å². The van der Waals surface area contributed by atoms with E-state index in [4.69, 9.17) is 0 Å². The Balaban J connectivity index is 1.88. The summed E-state index contributed by atoms with van der Waals surface area (Å²) in [6.45, 7) is 2.13. The molecule has 0 saturated heterocycles. The molecular formula is C14H12BrN3S. The molecule has 0 amide bonds. The van der Waals surface area contributed by atoms with E-state index in [9.17, 15) is 0 Å². The lowest BCUT2D eigenvalue weighted by Crippen LogP contribution is -2.08. The summed E-state index contributed by atoms with van der Waals surface area (Å²) in [5, 5.41) is 5.49. The Morgan fingerprint density at radius 1 is 1.16 bits per heavy atom. The summed E-state index contributed by atoms with van der Waals surface area (Å²) in [6.07, 6.45) is 1.60. The quantitative estimate of drug-likeness (QED) is 0.759. The fourth-order valence-corrected chi connectivity index (χ4v) is 2.99. The van der Waals surface area contributed by atoms with Gasteiger partial charge in [0.25, 0.3) is 0 Å². The average Bonchev–Trinajstić information content (AvgIpc) is 2.89. The zero-order valence-corrected chi connectivity index (χ0v) is 12.7. The number of benzene rings is 1. The van der Waals surface area contributed by atoms with Crippen molar-refractivity contribution >= 4 is 43.3 Å². The second kappa shape index (κ2) is 5.27. The van der Waals surface area contributed by atoms with Crippen molar-refractivity contribution in [1.82, 2.24) is 9.97 Å². The molecule has 1 unspecified atom stereocenters. The van der Waals surface area contributed by atoms with E-state index in [1.165, 1.54) is 5.56 Å². The maximum atomic E-state index is 4.34. The summed E-state index contributed by atoms with van der Waals surface area (Å²) in [4.78, 5) is 8.59. The number of nitrogens with one attached hydrogen (secondary N) is 1. The SMILES string of the molecule is CC(Nc1ncnc2ccsc12)c1ccc(Br)cc1. The van der Waals surface area contributed by atoms with Crippen LogP contribution >= 0.6 is 27.3 Å². The van der Waals surface area contributed by atoms with Gasteiger partial charge in [0.05, 0.1) is 10.2 Å². The summed E-state index contributed by atoms with van der Waals surface area (Å²) < 4.78 is 2.19. The predicted molar refractivity (Wildman–Crippen MR) is 83.6 cm³/mol. The van der Waals surface area contributed by atoms with Crippen LogP contribution < -0.4 is 5.32 Å². The number of hydrogen-bond donors (Lipinski definition) is 1. The average molecular weight is 334 g/mol. The number of thiophene rings is 1. The maximum Gasteiger partial charge on any atom is 0.147 e. The van der Waals surface area contributed by atoms with Crippen LogP contribution in [0.25, 0.3) is 10.2 Å². The molecule has 0 saturated carbocycles. The van der Waals surface area contributed by atoms with Crippen LogP contribution in [0.2, 0.25) is 0 Å². The summed E-state index contributed by atoms with van der Waals surface area (Å²) in [5.41, 5.74) is 2.22. The van der Waals surface area contributed by atoms with E-state index in [0.29, 0.717) is 0 Å². The first-order valence-corrected chi connectivity index (χ1v) is 7.61. The van der Waals surface area contributed by atoms with Crippen LogP contribution in [0.3, 0.4) is 0 Å². The fourth-order valence-electron chi connectivity index (χ4n) is 1.93. The zero-order chi connectivity index (χ0) is 13.2. The Bertz CT molecular complexity index is 693. The lowest BCUT2D eigenvalue weighted by atomic mass is 10.1. The van der Waals surface area contributed by atoms with E-state index in [0.717, 1.165) is 20.5 Å². The molecule has 0 aliphatic heterocycles. The van der Waals surface area contributed by atoms with Gasteiger partial charge in [-0.2, -0.15) is 0 Å². The van der Waals surface area contributed by atoms with Crippen LogP contribution in [0, 0.1) is 0 Å². The standard InChI is InChI=1S/C14H12BrN3S/c1-9(10-2-4-11(15)5-3-10)18-14-13-12(6-7-19-13)16-8-17-14/h2-9H,1H3,(H,16,17,18). The van der Waals surface area contributed by atoms with Crippen molar-refractivity contribution < 1.29 is 0 Å². The second-order valence-electron chi connectivity index (χ2n) is 4.27. The molecule has 3 rings (SSSR count). The molecule has 19 heavy (non-hydrogen) atoms. The van der Waals surface area contributed by atoms with Gasteiger partial charge in [-0.3, -0.25) is 0 Å². The fraction of sp³-hybridized carbons (Fsp3) is 0.143. The van der Waals surface area contributed by atoms with Crippen molar-refractivity contribution in [2.75, 3.05) is 5.32 Å². The molecule has 0 aliphatic carbocycles. The van der Waals surface area contributed by atoms with Crippen molar-refractivity contribution in [3.05, 3.63) is 52.1 Å². The van der Waals surface area contributed by atoms with Crippen LogP contribution in [0.1, 0.15) is 18.5 Å². The van der Waals surface area contributed by atoms with Gasteiger partial charge in [0.15, 0.2) is 0 Å². The molecule has 0 radical (unpaired) electrons. The minimum absolute atomic E-state index is 0.202. The Kier molecular flexibility index (Phi) is 3.48. The highest BCUT2D eigenvalue weighted by Gasteiger charge is 2.09. The molecular weight excluding hydrogens is 322 g/mol. The van der Waals surface area contributed by atoms with Crippen LogP contribution in [-0.2, 0) is 0 Å². The molecule has 96 valence electrons. The Morgan fingerprint density at radius 3 is 2.74 bits per heavy atom. The number of anilines is 1. The van der Waals surface area contributed by atoms with Gasteiger partial charge >= 0.3 is 0 Å². The van der Waals surface area contributed by atoms with E-state index < -0.39 is 0 Å². The minimum atomic E-state index is 0.202. The highest BCUT2D eigenvalue weighted by atomic mass is 79.9. The zero-order valence-electron chi connectivity index (χ0n) is 10.3. The van der Waals surface area contributed by atoms with E-state index in [-0.39, 0.29) is 6.04 Å². The molecule has 0 bridgehead atoms. The lowest BCUT2D eigenvalue weighted by molar-refractivity contribution is 0.876. The lowest BCUT2D eigenvalue weighted by Gasteiger charge is -2.15. The van der Waals surface area contributed by atoms with Crippen molar-refractivity contribution in [2.24, 2.45) is 0 Å². The third-order valence-corrected chi connectivity index (χ3v) is 4.41. The normalized spacial score (nSPS) is 12.5. The number of rotatable bonds is 3. The molecule has 2 aromatic heterocycles. The third-order valence-electron chi connectivity index (χ3n) is 2.97. The third kappa shape index (κ3) is 2.62. The maximum absolute atomic E-state index is 4.34. The number of aromatic nitrogens is 2. The van der Waals surface area contributed by atoms with E-state index >= 15 is 0 Å². The van der Waals surface area contributed by atoms with Crippen molar-refractivity contribution in [2.45, 2.75) is 13.0 Å². The van der Waals surface area contributed by atoms with Crippen molar-refractivity contribution in [1.29, 1.82) is 0 Å². The molecule has 3 aromatic rings. The number of nitrogens with zero attached hydrogens (tertiary/aromatic N) is 2. The Morgan fingerprint density at radius 2 is 1.95 bits per heavy atom. The van der Waals surface area contributed by atoms with Crippen LogP contribution in [0.15, 0.2) is 46.5 Å². The highest BCUT2D eigenvalue weighted by Crippen LogP contribution is 2.28. The molecule has 1 atom stereocenters. The smallest absolute Gasteiger partial charge is 0.147 e. The first kappa shape index (κ1) is 12.6. The second-order valence-corrected chi connectivity index (χ2v) is 6.11. The summed E-state index contributed by atoms with van der Waals surface area (Å²) >= 11 is 5.11. The van der Waals surface area contributed by atoms with Crippen LogP contribution in [-0.4, -0.2) is 9.97 Å². The van der Waals surface area contributed by atoms with E-state index in [2.05, 4.69) is 50.3 Å². The molecule has 0 aliphatic rings. The molecule has 5 heteroatoms. The number of hydrogen-bond acceptors (Lipinski definition) is 4. The van der Waals surface area contributed by atoms with Crippen molar-refractivity contribution in [3.63, 3.8) is 0 Å². The van der Waals surface area contributed by atoms with Gasteiger partial charge in [-0.05, 0) is 36.1 Å². The largest absolute Gasteiger partial charge is 0.362 e. The van der Waals surface area contributed by atoms with Gasteiger partial charge in [0, 0.05) is 10.5 Å². The van der Waals surface area contributed by atoms with E-state index in [1.54, 1.807) is 17.7 Å². The molecule has 0 fully saturated rings. The van der Waals surface area contributed by atoms with Crippen LogP contribution in [0.5, 0.6) is 0 Å². The minimum Gasteiger partial charge on any atom is -0.362 e.